The number of nitrogens with zero attached hydrogens (tertiary/aromatic N) is 1. The number of esters is 1. The highest BCUT2D eigenvalue weighted by Gasteiger charge is 2.16. The highest BCUT2D eigenvalue weighted by molar-refractivity contribution is 6.04. The van der Waals surface area contributed by atoms with E-state index >= 15 is 0 Å². The van der Waals surface area contributed by atoms with Gasteiger partial charge in [-0.05, 0) is 37.1 Å². The van der Waals surface area contributed by atoms with Crippen molar-refractivity contribution in [2.24, 2.45) is 0 Å². The number of aromatic nitrogens is 1. The molecule has 0 atom stereocenters. The third-order valence-electron chi connectivity index (χ3n) is 3.25. The van der Waals surface area contributed by atoms with Gasteiger partial charge in [-0.15, -0.1) is 0 Å². The molecule has 0 unspecified atom stereocenters. The van der Waals surface area contributed by atoms with Crippen molar-refractivity contribution in [3.05, 3.63) is 35.0 Å². The standard InChI is InChI=1S/C14H15NO4/c1-8-4-10-11(14(17)18)6-15(7-13(16)19-3)12(10)5-9(8)2/h4-6H,7H2,1-3H3,(H,17,18). The number of methoxy groups -OCH3 is 1. The van der Waals surface area contributed by atoms with Crippen LogP contribution < -0.4 is 0 Å². The molecule has 0 saturated heterocycles. The fourth-order valence-corrected chi connectivity index (χ4v) is 2.05. The highest BCUT2D eigenvalue weighted by Crippen LogP contribution is 2.25. The molecule has 0 spiro atoms. The number of carbonyl (C=O) groups excluding carboxylic acids is 1. The van der Waals surface area contributed by atoms with Gasteiger partial charge in [0.25, 0.3) is 0 Å². The third-order valence-corrected chi connectivity index (χ3v) is 3.25. The maximum Gasteiger partial charge on any atom is 0.337 e. The summed E-state index contributed by atoms with van der Waals surface area (Å²) in [4.78, 5) is 22.6. The number of carbonyl (C=O) groups is 2. The van der Waals surface area contributed by atoms with Gasteiger partial charge in [-0.2, -0.15) is 0 Å². The van der Waals surface area contributed by atoms with E-state index in [0.717, 1.165) is 16.6 Å². The average molecular weight is 261 g/mol. The minimum Gasteiger partial charge on any atom is -0.478 e. The number of carboxylic acids is 1. The van der Waals surface area contributed by atoms with Gasteiger partial charge in [0.1, 0.15) is 6.54 Å². The molecule has 5 nitrogen and oxygen atoms in total. The van der Waals surface area contributed by atoms with Gasteiger partial charge in [0.15, 0.2) is 0 Å². The summed E-state index contributed by atoms with van der Waals surface area (Å²) in [6, 6.07) is 3.72. The van der Waals surface area contributed by atoms with E-state index in [9.17, 15) is 14.7 Å². The van der Waals surface area contributed by atoms with Crippen LogP contribution in [0.15, 0.2) is 18.3 Å². The lowest BCUT2D eigenvalue weighted by Crippen LogP contribution is -2.10. The molecule has 0 bridgehead atoms. The van der Waals surface area contributed by atoms with Gasteiger partial charge in [0.05, 0.1) is 12.7 Å². The Bertz CT molecular complexity index is 670. The molecule has 2 aromatic rings. The van der Waals surface area contributed by atoms with Crippen molar-refractivity contribution in [1.29, 1.82) is 0 Å². The zero-order valence-corrected chi connectivity index (χ0v) is 11.1. The number of hydrogen-bond acceptors (Lipinski definition) is 3. The molecule has 1 aromatic heterocycles. The molecule has 0 radical (unpaired) electrons. The third kappa shape index (κ3) is 2.31. The smallest absolute Gasteiger partial charge is 0.337 e. The maximum absolute atomic E-state index is 11.4. The SMILES string of the molecule is COC(=O)Cn1cc(C(=O)O)c2cc(C)c(C)cc21. The van der Waals surface area contributed by atoms with Crippen LogP contribution in [0.25, 0.3) is 10.9 Å². The van der Waals surface area contributed by atoms with E-state index in [4.69, 9.17) is 0 Å². The van der Waals surface area contributed by atoms with Gasteiger partial charge in [-0.1, -0.05) is 0 Å². The number of fused-ring (bicyclic) bond motifs is 1. The van der Waals surface area contributed by atoms with Crippen molar-refractivity contribution in [3.63, 3.8) is 0 Å². The number of ether oxygens (including phenoxy) is 1. The van der Waals surface area contributed by atoms with Crippen molar-refractivity contribution < 1.29 is 19.4 Å². The van der Waals surface area contributed by atoms with Gasteiger partial charge in [-0.3, -0.25) is 4.79 Å². The van der Waals surface area contributed by atoms with Crippen LogP contribution in [0.3, 0.4) is 0 Å². The molecule has 0 aliphatic heterocycles. The van der Waals surface area contributed by atoms with Crippen molar-refractivity contribution in [3.8, 4) is 0 Å². The number of carboxylic acid groups (broad SMARTS) is 1. The fourth-order valence-electron chi connectivity index (χ4n) is 2.05. The Kier molecular flexibility index (Phi) is 3.29. The van der Waals surface area contributed by atoms with Crippen molar-refractivity contribution in [2.75, 3.05) is 7.11 Å². The number of rotatable bonds is 3. The molecule has 100 valence electrons. The molecule has 0 aliphatic rings. The second-order valence-corrected chi connectivity index (χ2v) is 4.51. The van der Waals surface area contributed by atoms with Gasteiger partial charge in [0.2, 0.25) is 0 Å². The Morgan fingerprint density at radius 3 is 2.47 bits per heavy atom. The molecule has 0 aliphatic carbocycles. The molecule has 1 N–H and O–H groups in total. The van der Waals surface area contributed by atoms with E-state index in [1.807, 2.05) is 26.0 Å². The molecular formula is C14H15NO4. The molecule has 0 saturated carbocycles. The largest absolute Gasteiger partial charge is 0.478 e. The summed E-state index contributed by atoms with van der Waals surface area (Å²) in [5.74, 6) is -1.41. The zero-order valence-electron chi connectivity index (χ0n) is 11.1. The predicted molar refractivity (Wildman–Crippen MR) is 70.4 cm³/mol. The summed E-state index contributed by atoms with van der Waals surface area (Å²) < 4.78 is 6.23. The molecule has 0 fully saturated rings. The Morgan fingerprint density at radius 2 is 1.89 bits per heavy atom. The average Bonchev–Trinajstić information content (AvgIpc) is 2.68. The molecule has 5 heteroatoms. The second kappa shape index (κ2) is 4.76. The first-order valence-corrected chi connectivity index (χ1v) is 5.84. The Morgan fingerprint density at radius 1 is 1.26 bits per heavy atom. The van der Waals surface area contributed by atoms with Crippen LogP contribution in [-0.2, 0) is 16.1 Å². The minimum absolute atomic E-state index is 0.00276. The first-order valence-electron chi connectivity index (χ1n) is 5.84. The molecule has 19 heavy (non-hydrogen) atoms. The van der Waals surface area contributed by atoms with E-state index in [2.05, 4.69) is 4.74 Å². The van der Waals surface area contributed by atoms with E-state index in [-0.39, 0.29) is 12.1 Å². The van der Waals surface area contributed by atoms with E-state index < -0.39 is 11.9 Å². The van der Waals surface area contributed by atoms with Gasteiger partial charge in [0, 0.05) is 17.1 Å². The van der Waals surface area contributed by atoms with Gasteiger partial charge in [-0.25, -0.2) is 4.79 Å². The summed E-state index contributed by atoms with van der Waals surface area (Å²) in [5.41, 5.74) is 2.99. The lowest BCUT2D eigenvalue weighted by molar-refractivity contribution is -0.141. The van der Waals surface area contributed by atoms with Crippen LogP contribution in [0.1, 0.15) is 21.5 Å². The lowest BCUT2D eigenvalue weighted by atomic mass is 10.1. The molecular weight excluding hydrogens is 246 g/mol. The first kappa shape index (κ1) is 13.1. The first-order chi connectivity index (χ1) is 8.93. The van der Waals surface area contributed by atoms with E-state index in [1.165, 1.54) is 13.3 Å². The van der Waals surface area contributed by atoms with E-state index in [1.54, 1.807) is 4.57 Å². The predicted octanol–water partition coefficient (Wildman–Crippen LogP) is 2.13. The normalized spacial score (nSPS) is 10.7. The van der Waals surface area contributed by atoms with Crippen LogP contribution in [0, 0.1) is 13.8 Å². The summed E-state index contributed by atoms with van der Waals surface area (Å²) in [7, 11) is 1.31. The van der Waals surface area contributed by atoms with Crippen LogP contribution in [-0.4, -0.2) is 28.7 Å². The number of hydrogen-bond donors (Lipinski definition) is 1. The van der Waals surface area contributed by atoms with E-state index in [0.29, 0.717) is 5.39 Å². The van der Waals surface area contributed by atoms with Crippen LogP contribution in [0.2, 0.25) is 0 Å². The van der Waals surface area contributed by atoms with Crippen LogP contribution in [0.4, 0.5) is 0 Å². The molecule has 1 heterocycles. The Labute approximate surface area is 110 Å². The highest BCUT2D eigenvalue weighted by atomic mass is 16.5. The number of aromatic carboxylic acids is 1. The lowest BCUT2D eigenvalue weighted by Gasteiger charge is -2.05. The molecule has 0 amide bonds. The summed E-state index contributed by atoms with van der Waals surface area (Å²) in [5, 5.41) is 9.86. The fraction of sp³-hybridized carbons (Fsp3) is 0.286. The quantitative estimate of drug-likeness (QED) is 0.859. The topological polar surface area (TPSA) is 68.5 Å². The van der Waals surface area contributed by atoms with Gasteiger partial charge >= 0.3 is 11.9 Å². The monoisotopic (exact) mass is 261 g/mol. The van der Waals surface area contributed by atoms with Crippen molar-refractivity contribution in [1.82, 2.24) is 4.57 Å². The van der Waals surface area contributed by atoms with Crippen molar-refractivity contribution in [2.45, 2.75) is 20.4 Å². The van der Waals surface area contributed by atoms with Crippen molar-refractivity contribution >= 4 is 22.8 Å². The zero-order chi connectivity index (χ0) is 14.2. The summed E-state index contributed by atoms with van der Waals surface area (Å²) >= 11 is 0. The maximum atomic E-state index is 11.4. The van der Waals surface area contributed by atoms with Crippen LogP contribution >= 0.6 is 0 Å². The van der Waals surface area contributed by atoms with Crippen LogP contribution in [0.5, 0.6) is 0 Å². The molecule has 2 rings (SSSR count). The number of aryl methyl sites for hydroxylation is 2. The Hall–Kier alpha value is -2.30. The Balaban J connectivity index is 2.67. The summed E-state index contributed by atoms with van der Waals surface area (Å²) in [6.07, 6.45) is 1.47. The van der Waals surface area contributed by atoms with Gasteiger partial charge < -0.3 is 14.4 Å². The second-order valence-electron chi connectivity index (χ2n) is 4.51. The summed E-state index contributed by atoms with van der Waals surface area (Å²) in [6.45, 7) is 3.88. The molecule has 1 aromatic carbocycles. The number of benzene rings is 1. The minimum atomic E-state index is -1.00.